The Morgan fingerprint density at radius 3 is 2.67 bits per heavy atom. The minimum absolute atomic E-state index is 0.271. The first-order chi connectivity index (χ1) is 8.45. The van der Waals surface area contributed by atoms with E-state index in [1.807, 2.05) is 6.92 Å². The molecule has 1 atom stereocenters. The highest BCUT2D eigenvalue weighted by Gasteiger charge is 2.42. The van der Waals surface area contributed by atoms with Crippen LogP contribution in [0.15, 0.2) is 17.4 Å². The van der Waals surface area contributed by atoms with Gasteiger partial charge in [0, 0.05) is 18.9 Å². The number of rotatable bonds is 3. The van der Waals surface area contributed by atoms with Crippen LogP contribution in [0.1, 0.15) is 32.2 Å². The lowest BCUT2D eigenvalue weighted by Gasteiger charge is -2.37. The number of guanidine groups is 1. The molecule has 2 N–H and O–H groups in total. The van der Waals surface area contributed by atoms with Crippen LogP contribution >= 0.6 is 0 Å². The van der Waals surface area contributed by atoms with E-state index in [-0.39, 0.29) is 5.54 Å². The van der Waals surface area contributed by atoms with Crippen LogP contribution in [0, 0.1) is 12.8 Å². The van der Waals surface area contributed by atoms with E-state index in [1.54, 1.807) is 12.4 Å². The average molecular weight is 247 g/mol. The molecule has 1 aliphatic heterocycles. The average Bonchev–Trinajstić information content (AvgIpc) is 2.58. The van der Waals surface area contributed by atoms with Crippen LogP contribution in [0.25, 0.3) is 0 Å². The monoisotopic (exact) mass is 247 g/mol. The molecule has 2 rings (SSSR count). The lowest BCUT2D eigenvalue weighted by atomic mass is 9.94. The molecule has 0 fully saturated rings. The van der Waals surface area contributed by atoms with Crippen molar-refractivity contribution in [3.63, 3.8) is 0 Å². The van der Waals surface area contributed by atoms with Crippen molar-refractivity contribution in [2.45, 2.75) is 33.2 Å². The van der Waals surface area contributed by atoms with Crippen LogP contribution < -0.4 is 5.73 Å². The number of hydrogen-bond donors (Lipinski definition) is 1. The molecule has 18 heavy (non-hydrogen) atoms. The smallest absolute Gasteiger partial charge is 0.192 e. The topological polar surface area (TPSA) is 67.4 Å². The first kappa shape index (κ1) is 12.8. The number of aromatic nitrogens is 2. The second kappa shape index (κ2) is 4.55. The van der Waals surface area contributed by atoms with Crippen molar-refractivity contribution >= 4 is 5.96 Å². The molecule has 1 aromatic rings. The standard InChI is InChI=1S/C13H21N5/c1-9(2)7-18-12(14)17-8-13(18,4)11-10(3)15-5-6-16-11/h5-6,9H,7-8H2,1-4H3,(H2,14,17). The SMILES string of the molecule is Cc1nccnc1C1(C)CN=C(N)N1CC(C)C. The van der Waals surface area contributed by atoms with Gasteiger partial charge in [-0.05, 0) is 19.8 Å². The molecule has 0 saturated heterocycles. The highest BCUT2D eigenvalue weighted by atomic mass is 15.4. The fourth-order valence-corrected chi connectivity index (χ4v) is 2.46. The Kier molecular flexibility index (Phi) is 3.24. The van der Waals surface area contributed by atoms with E-state index in [2.05, 4.69) is 40.6 Å². The highest BCUT2D eigenvalue weighted by molar-refractivity contribution is 5.81. The molecule has 1 aliphatic rings. The summed E-state index contributed by atoms with van der Waals surface area (Å²) in [6, 6.07) is 0. The summed E-state index contributed by atoms with van der Waals surface area (Å²) in [5.74, 6) is 1.13. The number of nitrogens with two attached hydrogens (primary N) is 1. The molecule has 0 radical (unpaired) electrons. The molecule has 0 aliphatic carbocycles. The van der Waals surface area contributed by atoms with Crippen LogP contribution in [-0.2, 0) is 5.54 Å². The molecule has 1 unspecified atom stereocenters. The number of aryl methyl sites for hydroxylation is 1. The summed E-state index contributed by atoms with van der Waals surface area (Å²) in [5.41, 5.74) is 7.66. The molecule has 2 heterocycles. The Labute approximate surface area is 108 Å². The summed E-state index contributed by atoms with van der Waals surface area (Å²) in [7, 11) is 0. The number of aliphatic imine (C=N–C) groups is 1. The number of hydrogen-bond acceptors (Lipinski definition) is 5. The van der Waals surface area contributed by atoms with Crippen LogP contribution in [0.2, 0.25) is 0 Å². The molecule has 0 spiro atoms. The molecule has 98 valence electrons. The van der Waals surface area contributed by atoms with Gasteiger partial charge in [0.2, 0.25) is 0 Å². The van der Waals surface area contributed by atoms with Gasteiger partial charge >= 0.3 is 0 Å². The summed E-state index contributed by atoms with van der Waals surface area (Å²) in [5, 5.41) is 0. The Balaban J connectivity index is 2.39. The maximum atomic E-state index is 6.02. The third kappa shape index (κ3) is 2.05. The Hall–Kier alpha value is -1.65. The molecule has 0 bridgehead atoms. The maximum absolute atomic E-state index is 6.02. The predicted octanol–water partition coefficient (Wildman–Crippen LogP) is 1.29. The molecule has 5 heteroatoms. The zero-order valence-electron chi connectivity index (χ0n) is 11.5. The second-order valence-corrected chi connectivity index (χ2v) is 5.44. The van der Waals surface area contributed by atoms with E-state index in [1.165, 1.54) is 0 Å². The maximum Gasteiger partial charge on any atom is 0.192 e. The normalized spacial score (nSPS) is 23.6. The minimum Gasteiger partial charge on any atom is -0.370 e. The summed E-state index contributed by atoms with van der Waals surface area (Å²) in [6.45, 7) is 9.99. The third-order valence-corrected chi connectivity index (χ3v) is 3.36. The molecule has 0 saturated carbocycles. The lowest BCUT2D eigenvalue weighted by molar-refractivity contribution is 0.197. The molecule has 0 amide bonds. The fraction of sp³-hybridized carbons (Fsp3) is 0.615. The van der Waals surface area contributed by atoms with Gasteiger partial charge in [-0.1, -0.05) is 13.8 Å². The van der Waals surface area contributed by atoms with Gasteiger partial charge in [0.05, 0.1) is 17.9 Å². The fourth-order valence-electron chi connectivity index (χ4n) is 2.46. The molecule has 1 aromatic heterocycles. The molecular weight excluding hydrogens is 226 g/mol. The van der Waals surface area contributed by atoms with Gasteiger partial charge in [-0.3, -0.25) is 15.0 Å². The van der Waals surface area contributed by atoms with E-state index in [9.17, 15) is 0 Å². The van der Waals surface area contributed by atoms with Crippen molar-refractivity contribution in [2.75, 3.05) is 13.1 Å². The molecule has 0 aromatic carbocycles. The first-order valence-corrected chi connectivity index (χ1v) is 6.31. The predicted molar refractivity (Wildman–Crippen MR) is 72.2 cm³/mol. The largest absolute Gasteiger partial charge is 0.370 e. The molecular formula is C13H21N5. The second-order valence-electron chi connectivity index (χ2n) is 5.44. The van der Waals surface area contributed by atoms with Crippen molar-refractivity contribution in [3.8, 4) is 0 Å². The summed E-state index contributed by atoms with van der Waals surface area (Å²) < 4.78 is 0. The van der Waals surface area contributed by atoms with Crippen LogP contribution in [0.3, 0.4) is 0 Å². The van der Waals surface area contributed by atoms with Crippen molar-refractivity contribution in [2.24, 2.45) is 16.6 Å². The van der Waals surface area contributed by atoms with E-state index in [4.69, 9.17) is 5.73 Å². The quantitative estimate of drug-likeness (QED) is 0.874. The Morgan fingerprint density at radius 1 is 1.39 bits per heavy atom. The lowest BCUT2D eigenvalue weighted by Crippen LogP contribution is -2.49. The highest BCUT2D eigenvalue weighted by Crippen LogP contribution is 2.32. The van der Waals surface area contributed by atoms with Crippen molar-refractivity contribution < 1.29 is 0 Å². The summed E-state index contributed by atoms with van der Waals surface area (Å²) >= 11 is 0. The van der Waals surface area contributed by atoms with Gasteiger partial charge in [-0.25, -0.2) is 0 Å². The van der Waals surface area contributed by atoms with E-state index in [0.717, 1.165) is 17.9 Å². The first-order valence-electron chi connectivity index (χ1n) is 6.31. The summed E-state index contributed by atoms with van der Waals surface area (Å²) in [4.78, 5) is 15.4. The van der Waals surface area contributed by atoms with Gasteiger partial charge in [0.15, 0.2) is 5.96 Å². The van der Waals surface area contributed by atoms with Crippen LogP contribution in [0.4, 0.5) is 0 Å². The third-order valence-electron chi connectivity index (χ3n) is 3.36. The summed E-state index contributed by atoms with van der Waals surface area (Å²) in [6.07, 6.45) is 3.45. The van der Waals surface area contributed by atoms with E-state index >= 15 is 0 Å². The number of nitrogens with zero attached hydrogens (tertiary/aromatic N) is 4. The van der Waals surface area contributed by atoms with E-state index in [0.29, 0.717) is 18.4 Å². The zero-order chi connectivity index (χ0) is 13.3. The van der Waals surface area contributed by atoms with E-state index < -0.39 is 0 Å². The van der Waals surface area contributed by atoms with Crippen molar-refractivity contribution in [1.82, 2.24) is 14.9 Å². The van der Waals surface area contributed by atoms with Gasteiger partial charge in [-0.15, -0.1) is 0 Å². The minimum atomic E-state index is -0.271. The van der Waals surface area contributed by atoms with Crippen LogP contribution in [-0.4, -0.2) is 33.9 Å². The van der Waals surface area contributed by atoms with Gasteiger partial charge < -0.3 is 10.6 Å². The van der Waals surface area contributed by atoms with Gasteiger partial charge in [0.1, 0.15) is 5.54 Å². The Morgan fingerprint density at radius 2 is 2.06 bits per heavy atom. The van der Waals surface area contributed by atoms with Crippen molar-refractivity contribution in [3.05, 3.63) is 23.8 Å². The molecule has 5 nitrogen and oxygen atoms in total. The van der Waals surface area contributed by atoms with Crippen molar-refractivity contribution in [1.29, 1.82) is 0 Å². The Bertz CT molecular complexity index is 468. The van der Waals surface area contributed by atoms with Gasteiger partial charge in [0.25, 0.3) is 0 Å². The zero-order valence-corrected chi connectivity index (χ0v) is 11.5. The van der Waals surface area contributed by atoms with Gasteiger partial charge in [-0.2, -0.15) is 0 Å². The van der Waals surface area contributed by atoms with Crippen LogP contribution in [0.5, 0.6) is 0 Å².